The van der Waals surface area contributed by atoms with Crippen molar-refractivity contribution in [3.8, 4) is 0 Å². The van der Waals surface area contributed by atoms with Gasteiger partial charge in [-0.05, 0) is 45.1 Å². The number of hydrogen-bond donors (Lipinski definition) is 1. The van der Waals surface area contributed by atoms with Crippen LogP contribution in [0.25, 0.3) is 6.08 Å². The standard InChI is InChI=1S/C11H20O2.C10H20O5Si.C8H8.C5H8O2.C4H6O2/c1-4-7-8-10(5-2)9-13-11(12)6-3;1-9(2)10(11)15-7-6-8-16(12-3,13-4)14-5;1-2-8-6-4-3-5-7-8;1-4(2)5(6)7-3;1-3(2)4(5)6/h6,10H,3-5,7-9H2,1-2H3;1,6-8H2,2-5H3;2-7H,1H2;1H2,2-3H3;1H2,2H3,(H,5,6). The summed E-state index contributed by atoms with van der Waals surface area (Å²) in [5.74, 6) is -1.45. The Morgan fingerprint density at radius 2 is 1.30 bits per heavy atom. The molecule has 284 valence electrons. The topological polar surface area (TPSA) is 144 Å². The van der Waals surface area contributed by atoms with E-state index in [0.717, 1.165) is 12.8 Å². The first-order chi connectivity index (χ1) is 23.5. The molecule has 12 heteroatoms. The molecule has 0 aliphatic rings. The summed E-state index contributed by atoms with van der Waals surface area (Å²) < 4.78 is 29.9. The average molecular weight is 723 g/mol. The third-order valence-corrected chi connectivity index (χ3v) is 9.08. The van der Waals surface area contributed by atoms with Crippen LogP contribution in [0.5, 0.6) is 0 Å². The Morgan fingerprint density at radius 3 is 1.60 bits per heavy atom. The quantitative estimate of drug-likeness (QED) is 0.0517. The molecule has 1 atom stereocenters. The van der Waals surface area contributed by atoms with Crippen LogP contribution in [0.4, 0.5) is 0 Å². The van der Waals surface area contributed by atoms with Gasteiger partial charge in [-0.15, -0.1) is 0 Å². The molecule has 0 saturated carbocycles. The van der Waals surface area contributed by atoms with Gasteiger partial charge in [0.25, 0.3) is 0 Å². The molecule has 0 heterocycles. The van der Waals surface area contributed by atoms with Crippen molar-refractivity contribution in [2.45, 2.75) is 72.8 Å². The Morgan fingerprint density at radius 1 is 0.800 bits per heavy atom. The molecule has 0 saturated heterocycles. The summed E-state index contributed by atoms with van der Waals surface area (Å²) in [5, 5.41) is 7.89. The second-order valence-electron chi connectivity index (χ2n) is 10.5. The van der Waals surface area contributed by atoms with Gasteiger partial charge in [-0.25, -0.2) is 19.2 Å². The summed E-state index contributed by atoms with van der Waals surface area (Å²) in [4.78, 5) is 41.6. The van der Waals surface area contributed by atoms with Crippen molar-refractivity contribution >= 4 is 38.8 Å². The van der Waals surface area contributed by atoms with Crippen molar-refractivity contribution in [1.29, 1.82) is 0 Å². The summed E-state index contributed by atoms with van der Waals surface area (Å²) in [6.07, 6.45) is 8.32. The summed E-state index contributed by atoms with van der Waals surface area (Å²) >= 11 is 0. The predicted octanol–water partition coefficient (Wildman–Crippen LogP) is 8.02. The van der Waals surface area contributed by atoms with E-state index in [0.29, 0.717) is 42.7 Å². The number of aliphatic carboxylic acids is 1. The molecule has 0 bridgehead atoms. The van der Waals surface area contributed by atoms with E-state index < -0.39 is 14.8 Å². The number of carbonyl (C=O) groups is 4. The maximum absolute atomic E-state index is 11.1. The van der Waals surface area contributed by atoms with Crippen molar-refractivity contribution < 1.29 is 51.8 Å². The molecule has 50 heavy (non-hydrogen) atoms. The van der Waals surface area contributed by atoms with Crippen LogP contribution in [-0.2, 0) is 46.7 Å². The van der Waals surface area contributed by atoms with Gasteiger partial charge in [0.2, 0.25) is 0 Å². The summed E-state index contributed by atoms with van der Waals surface area (Å²) in [6.45, 7) is 26.8. The third-order valence-electron chi connectivity index (χ3n) is 6.25. The fraction of sp³-hybridized carbons (Fsp3) is 0.474. The molecule has 1 N–H and O–H groups in total. The molecule has 1 aromatic carbocycles. The normalized spacial score (nSPS) is 10.1. The number of methoxy groups -OCH3 is 1. The number of carboxylic acids is 1. The van der Waals surface area contributed by atoms with Gasteiger partial charge in [0, 0.05) is 50.2 Å². The molecule has 0 aromatic heterocycles. The van der Waals surface area contributed by atoms with Gasteiger partial charge in [-0.1, -0.05) is 102 Å². The predicted molar refractivity (Wildman–Crippen MR) is 202 cm³/mol. The zero-order valence-corrected chi connectivity index (χ0v) is 32.8. The number of hydrogen-bond acceptors (Lipinski definition) is 10. The van der Waals surface area contributed by atoms with Crippen LogP contribution < -0.4 is 0 Å². The number of ether oxygens (including phenoxy) is 3. The maximum Gasteiger partial charge on any atom is 0.500 e. The van der Waals surface area contributed by atoms with E-state index in [2.05, 4.69) is 51.5 Å². The highest BCUT2D eigenvalue weighted by Crippen LogP contribution is 2.15. The lowest BCUT2D eigenvalue weighted by molar-refractivity contribution is -0.140. The lowest BCUT2D eigenvalue weighted by atomic mass is 10.0. The molecule has 1 unspecified atom stereocenters. The van der Waals surface area contributed by atoms with E-state index in [1.54, 1.807) is 35.2 Å². The van der Waals surface area contributed by atoms with Gasteiger partial charge < -0.3 is 32.6 Å². The van der Waals surface area contributed by atoms with Crippen LogP contribution >= 0.6 is 0 Å². The van der Waals surface area contributed by atoms with Crippen molar-refractivity contribution in [2.24, 2.45) is 5.92 Å². The molecule has 1 rings (SSSR count). The van der Waals surface area contributed by atoms with Gasteiger partial charge in [0.1, 0.15) is 0 Å². The molecule has 0 spiro atoms. The monoisotopic (exact) mass is 722 g/mol. The highest BCUT2D eigenvalue weighted by atomic mass is 28.4. The summed E-state index contributed by atoms with van der Waals surface area (Å²) in [6, 6.07) is 10.6. The van der Waals surface area contributed by atoms with Crippen LogP contribution in [0.15, 0.2) is 86.0 Å². The SMILES string of the molecule is C=C(C)C(=O)O.C=C(C)C(=O)OC.C=C(C)C(=O)OCCC[Si](OC)(OC)OC.C=CC(=O)OCC(CC)CCCC.C=Cc1ccccc1. The molecule has 0 aliphatic carbocycles. The first kappa shape index (κ1) is 52.7. The zero-order valence-electron chi connectivity index (χ0n) is 31.8. The van der Waals surface area contributed by atoms with Gasteiger partial charge in [-0.3, -0.25) is 0 Å². The number of benzene rings is 1. The maximum atomic E-state index is 11.1. The van der Waals surface area contributed by atoms with Crippen LogP contribution in [0.3, 0.4) is 0 Å². The molecule has 0 amide bonds. The van der Waals surface area contributed by atoms with Gasteiger partial charge >= 0.3 is 32.7 Å². The molecule has 1 aromatic rings. The highest BCUT2D eigenvalue weighted by Gasteiger charge is 2.37. The van der Waals surface area contributed by atoms with E-state index in [1.807, 2.05) is 36.4 Å². The Hall–Kier alpha value is -4.10. The van der Waals surface area contributed by atoms with Crippen LogP contribution in [0.2, 0.25) is 6.04 Å². The van der Waals surface area contributed by atoms with Gasteiger partial charge in [0.15, 0.2) is 0 Å². The van der Waals surface area contributed by atoms with Crippen molar-refractivity contribution in [3.63, 3.8) is 0 Å². The fourth-order valence-corrected chi connectivity index (χ4v) is 4.74. The number of esters is 3. The molecular formula is C38H62O11Si. The average Bonchev–Trinajstić information content (AvgIpc) is 3.12. The van der Waals surface area contributed by atoms with Crippen LogP contribution in [0, 0.1) is 5.92 Å². The second-order valence-corrected chi connectivity index (χ2v) is 13.6. The molecule has 11 nitrogen and oxygen atoms in total. The van der Waals surface area contributed by atoms with Crippen LogP contribution in [-0.4, -0.2) is 79.4 Å². The number of unbranched alkanes of at least 4 members (excludes halogenated alkanes) is 1. The first-order valence-corrected chi connectivity index (χ1v) is 18.0. The minimum atomic E-state index is -2.53. The van der Waals surface area contributed by atoms with Crippen molar-refractivity contribution in [3.05, 3.63) is 91.6 Å². The first-order valence-electron chi connectivity index (χ1n) is 16.1. The fourth-order valence-electron chi connectivity index (χ4n) is 3.05. The van der Waals surface area contributed by atoms with Crippen molar-refractivity contribution in [2.75, 3.05) is 41.7 Å². The van der Waals surface area contributed by atoms with Gasteiger partial charge in [0.05, 0.1) is 20.3 Å². The number of carboxylic acid groups (broad SMARTS) is 1. The largest absolute Gasteiger partial charge is 0.500 e. The second kappa shape index (κ2) is 34.7. The van der Waals surface area contributed by atoms with Crippen molar-refractivity contribution in [1.82, 2.24) is 0 Å². The Balaban J connectivity index is -0.000000278. The number of rotatable bonds is 18. The Kier molecular flexibility index (Phi) is 36.6. The molecule has 0 fully saturated rings. The molecular weight excluding hydrogens is 660 g/mol. The highest BCUT2D eigenvalue weighted by molar-refractivity contribution is 6.60. The zero-order chi connectivity index (χ0) is 39.5. The molecule has 0 aliphatic heterocycles. The number of carbonyl (C=O) groups excluding carboxylic acids is 3. The Labute approximate surface area is 302 Å². The molecule has 0 radical (unpaired) electrons. The minimum Gasteiger partial charge on any atom is -0.478 e. The summed E-state index contributed by atoms with van der Waals surface area (Å²) in [7, 11) is 3.46. The van der Waals surface area contributed by atoms with E-state index in [1.165, 1.54) is 38.5 Å². The smallest absolute Gasteiger partial charge is 0.478 e. The Bertz CT molecular complexity index is 1120. The minimum absolute atomic E-state index is 0.176. The van der Waals surface area contributed by atoms with E-state index in [4.69, 9.17) is 27.9 Å². The van der Waals surface area contributed by atoms with E-state index in [-0.39, 0.29) is 23.5 Å². The lowest BCUT2D eigenvalue weighted by Gasteiger charge is -2.24. The van der Waals surface area contributed by atoms with Crippen LogP contribution in [0.1, 0.15) is 72.3 Å². The lowest BCUT2D eigenvalue weighted by Crippen LogP contribution is -2.42. The van der Waals surface area contributed by atoms with E-state index in [9.17, 15) is 19.2 Å². The van der Waals surface area contributed by atoms with Gasteiger partial charge in [-0.2, -0.15) is 0 Å². The summed E-state index contributed by atoms with van der Waals surface area (Å²) in [5.41, 5.74) is 2.18. The third kappa shape index (κ3) is 32.4. The van der Waals surface area contributed by atoms with E-state index >= 15 is 0 Å².